The summed E-state index contributed by atoms with van der Waals surface area (Å²) in [5, 5.41) is 5.40. The van der Waals surface area contributed by atoms with E-state index in [0.29, 0.717) is 22.8 Å². The Labute approximate surface area is 185 Å². The predicted molar refractivity (Wildman–Crippen MR) is 122 cm³/mol. The zero-order chi connectivity index (χ0) is 22.9. The van der Waals surface area contributed by atoms with Gasteiger partial charge in [0.05, 0.1) is 10.6 Å². The molecule has 0 saturated heterocycles. The van der Waals surface area contributed by atoms with Gasteiger partial charge in [-0.1, -0.05) is 6.07 Å². The molecule has 0 aliphatic carbocycles. The molecule has 0 spiro atoms. The molecule has 2 amide bonds. The molecule has 164 valence electrons. The van der Waals surface area contributed by atoms with Crippen molar-refractivity contribution in [2.75, 3.05) is 22.0 Å². The predicted octanol–water partition coefficient (Wildman–Crippen LogP) is 3.69. The number of carbonyl (C=O) groups excluding carboxylic acids is 2. The third kappa shape index (κ3) is 4.57. The molecule has 0 radical (unpaired) electrons. The van der Waals surface area contributed by atoms with Crippen molar-refractivity contribution < 1.29 is 22.7 Å². The van der Waals surface area contributed by atoms with Crippen LogP contribution in [-0.2, 0) is 14.8 Å². The standard InChI is InChI=1S/C23H21N3O5S/c1-14-3-6-18(11-15(14)2)26-32(29,30)19-8-4-16(5-9-19)23(28)24-17-7-10-21-20(12-17)25-22(27)13-31-21/h3-12,26H,13H2,1-2H3,(H,24,28)(H,25,27). The minimum absolute atomic E-state index is 0.0425. The highest BCUT2D eigenvalue weighted by molar-refractivity contribution is 7.92. The Morgan fingerprint density at radius 1 is 0.938 bits per heavy atom. The van der Waals surface area contributed by atoms with Gasteiger partial charge < -0.3 is 15.4 Å². The van der Waals surface area contributed by atoms with E-state index in [4.69, 9.17) is 4.74 Å². The molecule has 8 nitrogen and oxygen atoms in total. The first-order valence-electron chi connectivity index (χ1n) is 9.79. The van der Waals surface area contributed by atoms with Crippen molar-refractivity contribution in [3.8, 4) is 5.75 Å². The number of aryl methyl sites for hydroxylation is 2. The van der Waals surface area contributed by atoms with Gasteiger partial charge in [-0.15, -0.1) is 0 Å². The Morgan fingerprint density at radius 3 is 2.38 bits per heavy atom. The van der Waals surface area contributed by atoms with Gasteiger partial charge in [-0.3, -0.25) is 14.3 Å². The van der Waals surface area contributed by atoms with Gasteiger partial charge in [0.2, 0.25) is 0 Å². The lowest BCUT2D eigenvalue weighted by molar-refractivity contribution is -0.118. The molecule has 0 saturated carbocycles. The van der Waals surface area contributed by atoms with Gasteiger partial charge in [0.15, 0.2) is 6.61 Å². The van der Waals surface area contributed by atoms with E-state index in [1.165, 1.54) is 24.3 Å². The van der Waals surface area contributed by atoms with Crippen molar-refractivity contribution in [2.45, 2.75) is 18.7 Å². The normalized spacial score (nSPS) is 12.9. The number of amides is 2. The largest absolute Gasteiger partial charge is 0.482 e. The Hall–Kier alpha value is -3.85. The summed E-state index contributed by atoms with van der Waals surface area (Å²) in [6.07, 6.45) is 0. The van der Waals surface area contributed by atoms with Crippen molar-refractivity contribution in [2.24, 2.45) is 0 Å². The van der Waals surface area contributed by atoms with Crippen LogP contribution in [0, 0.1) is 13.8 Å². The van der Waals surface area contributed by atoms with Crippen molar-refractivity contribution in [1.82, 2.24) is 0 Å². The van der Waals surface area contributed by atoms with E-state index in [2.05, 4.69) is 15.4 Å². The second kappa shape index (κ2) is 8.35. The van der Waals surface area contributed by atoms with Crippen LogP contribution in [-0.4, -0.2) is 26.8 Å². The molecule has 3 N–H and O–H groups in total. The van der Waals surface area contributed by atoms with Crippen molar-refractivity contribution in [3.05, 3.63) is 77.4 Å². The molecule has 0 aromatic heterocycles. The molecule has 0 fully saturated rings. The number of nitrogens with one attached hydrogen (secondary N) is 3. The molecule has 32 heavy (non-hydrogen) atoms. The fourth-order valence-electron chi connectivity index (χ4n) is 3.17. The molecular weight excluding hydrogens is 430 g/mol. The fraction of sp³-hybridized carbons (Fsp3) is 0.130. The lowest BCUT2D eigenvalue weighted by Gasteiger charge is -2.18. The number of sulfonamides is 1. The average Bonchev–Trinajstić information content (AvgIpc) is 2.76. The minimum atomic E-state index is -3.80. The smallest absolute Gasteiger partial charge is 0.262 e. The molecule has 3 aromatic carbocycles. The average molecular weight is 452 g/mol. The number of hydrogen-bond donors (Lipinski definition) is 3. The van der Waals surface area contributed by atoms with Gasteiger partial charge in [-0.25, -0.2) is 8.42 Å². The van der Waals surface area contributed by atoms with E-state index >= 15 is 0 Å². The zero-order valence-electron chi connectivity index (χ0n) is 17.4. The molecule has 9 heteroatoms. The number of benzene rings is 3. The van der Waals surface area contributed by atoms with Crippen molar-refractivity contribution in [3.63, 3.8) is 0 Å². The summed E-state index contributed by atoms with van der Waals surface area (Å²) in [4.78, 5) is 24.1. The first kappa shape index (κ1) is 21.4. The van der Waals surface area contributed by atoms with Crippen LogP contribution in [0.15, 0.2) is 65.6 Å². The maximum absolute atomic E-state index is 12.7. The highest BCUT2D eigenvalue weighted by Crippen LogP contribution is 2.30. The van der Waals surface area contributed by atoms with Gasteiger partial charge in [-0.05, 0) is 79.6 Å². The summed E-state index contributed by atoms with van der Waals surface area (Å²) in [6.45, 7) is 3.81. The number of anilines is 3. The molecule has 4 rings (SSSR count). The van der Waals surface area contributed by atoms with Crippen molar-refractivity contribution >= 4 is 38.9 Å². The Morgan fingerprint density at radius 2 is 1.66 bits per heavy atom. The number of ether oxygens (including phenoxy) is 1. The van der Waals surface area contributed by atoms with E-state index in [9.17, 15) is 18.0 Å². The highest BCUT2D eigenvalue weighted by Gasteiger charge is 2.18. The van der Waals surface area contributed by atoms with Gasteiger partial charge in [0.1, 0.15) is 5.75 Å². The van der Waals surface area contributed by atoms with Gasteiger partial charge >= 0.3 is 0 Å². The quantitative estimate of drug-likeness (QED) is 0.548. The van der Waals surface area contributed by atoms with Gasteiger partial charge in [0, 0.05) is 16.9 Å². The highest BCUT2D eigenvalue weighted by atomic mass is 32.2. The maximum Gasteiger partial charge on any atom is 0.262 e. The fourth-order valence-corrected chi connectivity index (χ4v) is 4.22. The van der Waals surface area contributed by atoms with Gasteiger partial charge in [-0.2, -0.15) is 0 Å². The maximum atomic E-state index is 12.7. The SMILES string of the molecule is Cc1ccc(NS(=O)(=O)c2ccc(C(=O)Nc3ccc4c(c3)NC(=O)CO4)cc2)cc1C. The molecule has 0 atom stereocenters. The topological polar surface area (TPSA) is 114 Å². The van der Waals surface area contributed by atoms with E-state index in [1.807, 2.05) is 19.9 Å². The van der Waals surface area contributed by atoms with Crippen LogP contribution in [0.5, 0.6) is 5.75 Å². The second-order valence-electron chi connectivity index (χ2n) is 7.43. The molecule has 0 bridgehead atoms. The number of carbonyl (C=O) groups is 2. The molecule has 1 aliphatic heterocycles. The summed E-state index contributed by atoms with van der Waals surface area (Å²) < 4.78 is 33.2. The van der Waals surface area contributed by atoms with Crippen LogP contribution in [0.3, 0.4) is 0 Å². The van der Waals surface area contributed by atoms with Crippen LogP contribution in [0.1, 0.15) is 21.5 Å². The Balaban J connectivity index is 1.47. The summed E-state index contributed by atoms with van der Waals surface area (Å²) >= 11 is 0. The molecule has 3 aromatic rings. The second-order valence-corrected chi connectivity index (χ2v) is 9.11. The number of hydrogen-bond acceptors (Lipinski definition) is 5. The van der Waals surface area contributed by atoms with Gasteiger partial charge in [0.25, 0.3) is 21.8 Å². The third-order valence-corrected chi connectivity index (χ3v) is 6.45. The molecular formula is C23H21N3O5S. The van der Waals surface area contributed by atoms with Crippen LogP contribution in [0.4, 0.5) is 17.1 Å². The summed E-state index contributed by atoms with van der Waals surface area (Å²) in [5.74, 6) is -0.167. The first-order chi connectivity index (χ1) is 15.2. The third-order valence-electron chi connectivity index (χ3n) is 5.06. The van der Waals surface area contributed by atoms with Crippen LogP contribution in [0.2, 0.25) is 0 Å². The van der Waals surface area contributed by atoms with E-state index < -0.39 is 15.9 Å². The minimum Gasteiger partial charge on any atom is -0.482 e. The summed E-state index contributed by atoms with van der Waals surface area (Å²) in [6, 6.07) is 15.8. The summed E-state index contributed by atoms with van der Waals surface area (Å²) in [5.41, 5.74) is 3.74. The number of fused-ring (bicyclic) bond motifs is 1. The van der Waals surface area contributed by atoms with E-state index in [-0.39, 0.29) is 23.0 Å². The lowest BCUT2D eigenvalue weighted by Crippen LogP contribution is -2.25. The molecule has 0 unspecified atom stereocenters. The Bertz CT molecular complexity index is 1320. The number of rotatable bonds is 5. The molecule has 1 heterocycles. The zero-order valence-corrected chi connectivity index (χ0v) is 18.2. The van der Waals surface area contributed by atoms with Crippen LogP contribution in [0.25, 0.3) is 0 Å². The summed E-state index contributed by atoms with van der Waals surface area (Å²) in [7, 11) is -3.80. The van der Waals surface area contributed by atoms with E-state index in [0.717, 1.165) is 11.1 Å². The molecule has 1 aliphatic rings. The monoisotopic (exact) mass is 451 g/mol. The van der Waals surface area contributed by atoms with Crippen LogP contribution >= 0.6 is 0 Å². The van der Waals surface area contributed by atoms with Crippen LogP contribution < -0.4 is 20.1 Å². The van der Waals surface area contributed by atoms with Crippen molar-refractivity contribution in [1.29, 1.82) is 0 Å². The Kier molecular flexibility index (Phi) is 5.58. The van der Waals surface area contributed by atoms with E-state index in [1.54, 1.807) is 30.3 Å². The lowest BCUT2D eigenvalue weighted by atomic mass is 10.1. The first-order valence-corrected chi connectivity index (χ1v) is 11.3.